The Hall–Kier alpha value is -4.57. The van der Waals surface area contributed by atoms with Crippen LogP contribution in [-0.2, 0) is 41.7 Å². The van der Waals surface area contributed by atoms with Crippen molar-refractivity contribution >= 4 is 18.1 Å². The molecule has 55 heavy (non-hydrogen) atoms. The van der Waals surface area contributed by atoms with Crippen LogP contribution in [0.2, 0.25) is 0 Å². The number of aliphatic hydroxyl groups is 2. The number of aliphatic hydroxyl groups excluding tert-OH is 2. The summed E-state index contributed by atoms with van der Waals surface area (Å²) in [5.74, 6) is -0.528. The quantitative estimate of drug-likeness (QED) is 0.178. The van der Waals surface area contributed by atoms with E-state index in [1.54, 1.807) is 0 Å². The number of carbonyl (C=O) groups excluding carboxylic acids is 3. The van der Waals surface area contributed by atoms with Gasteiger partial charge < -0.3 is 49.4 Å². The van der Waals surface area contributed by atoms with Crippen molar-refractivity contribution in [2.75, 3.05) is 34.3 Å². The second kappa shape index (κ2) is 20.4. The Kier molecular flexibility index (Phi) is 15.4. The van der Waals surface area contributed by atoms with Crippen LogP contribution in [0.15, 0.2) is 91.0 Å². The smallest absolute Gasteiger partial charge is 0.407 e. The van der Waals surface area contributed by atoms with Gasteiger partial charge in [0.05, 0.1) is 24.3 Å². The normalized spacial score (nSPS) is 25.7. The summed E-state index contributed by atoms with van der Waals surface area (Å²) < 4.78 is 29.3. The molecule has 0 unspecified atom stereocenters. The van der Waals surface area contributed by atoms with Gasteiger partial charge in [0.2, 0.25) is 5.91 Å². The van der Waals surface area contributed by atoms with E-state index >= 15 is 0 Å². The van der Waals surface area contributed by atoms with Crippen molar-refractivity contribution in [2.24, 2.45) is 0 Å². The monoisotopic (exact) mass is 762 g/mol. The van der Waals surface area contributed by atoms with Gasteiger partial charge in [-0.05, 0) is 49.9 Å². The second-order valence-electron chi connectivity index (χ2n) is 14.1. The van der Waals surface area contributed by atoms with Crippen LogP contribution in [-0.4, -0.2) is 121 Å². The van der Waals surface area contributed by atoms with Crippen LogP contribution >= 0.6 is 0 Å². The van der Waals surface area contributed by atoms with Crippen molar-refractivity contribution in [2.45, 2.75) is 94.3 Å². The predicted molar refractivity (Wildman–Crippen MR) is 202 cm³/mol. The molecular formula is C41H54N4O10. The number of nitrogens with zero attached hydrogens (tertiary/aromatic N) is 2. The number of methoxy groups -OCH3 is 1. The zero-order valence-corrected chi connectivity index (χ0v) is 31.9. The Bertz CT molecular complexity index is 1640. The van der Waals surface area contributed by atoms with Gasteiger partial charge in [0, 0.05) is 26.7 Å². The minimum absolute atomic E-state index is 0.0167. The molecule has 0 bridgehead atoms. The van der Waals surface area contributed by atoms with Gasteiger partial charge in [0.25, 0.3) is 0 Å². The molecule has 4 N–H and O–H groups in total. The number of hydrogen-bond donors (Lipinski definition) is 4. The molecule has 1 saturated heterocycles. The van der Waals surface area contributed by atoms with Gasteiger partial charge in [-0.2, -0.15) is 0 Å². The van der Waals surface area contributed by atoms with E-state index in [1.807, 2.05) is 85.9 Å². The Morgan fingerprint density at radius 1 is 0.855 bits per heavy atom. The van der Waals surface area contributed by atoms with Crippen LogP contribution in [0.1, 0.15) is 48.9 Å². The lowest BCUT2D eigenvalue weighted by atomic mass is 9.82. The number of likely N-dealkylation sites (N-methyl/N-ethyl adjacent to an activating group) is 2. The van der Waals surface area contributed by atoms with Gasteiger partial charge in [-0.25, -0.2) is 9.59 Å². The first-order chi connectivity index (χ1) is 26.5. The molecule has 2 fully saturated rings. The van der Waals surface area contributed by atoms with Gasteiger partial charge in [-0.3, -0.25) is 9.69 Å². The van der Waals surface area contributed by atoms with Crippen LogP contribution in [0, 0.1) is 0 Å². The third kappa shape index (κ3) is 11.7. The number of hydrogen-bond acceptors (Lipinski definition) is 11. The van der Waals surface area contributed by atoms with E-state index < -0.39 is 67.4 Å². The Morgan fingerprint density at radius 2 is 1.44 bits per heavy atom. The first-order valence-corrected chi connectivity index (χ1v) is 18.7. The number of nitrogens with one attached hydrogen (secondary N) is 2. The first-order valence-electron chi connectivity index (χ1n) is 18.7. The van der Waals surface area contributed by atoms with E-state index in [4.69, 9.17) is 23.7 Å². The molecule has 298 valence electrons. The van der Waals surface area contributed by atoms with Crippen molar-refractivity contribution in [3.05, 3.63) is 108 Å². The summed E-state index contributed by atoms with van der Waals surface area (Å²) in [5.41, 5.74) is 2.74. The van der Waals surface area contributed by atoms with Gasteiger partial charge in [0.15, 0.2) is 6.29 Å². The molecule has 2 aliphatic rings. The Morgan fingerprint density at radius 3 is 2.04 bits per heavy atom. The predicted octanol–water partition coefficient (Wildman–Crippen LogP) is 3.76. The minimum Gasteiger partial charge on any atom is -0.445 e. The summed E-state index contributed by atoms with van der Waals surface area (Å²) in [6.45, 7) is 2.30. The highest BCUT2D eigenvalue weighted by Crippen LogP contribution is 2.32. The SMILES string of the molecule is CO[C@H]1C[C@H](NC(=O)OCc2ccccc2)[C@@H](O[C@H]2O[C@H](CN(C)[C@H](C)c3ccccc3)CC[C@@H]2O)[C@H](O)[C@@H]1N(C)C(=O)CNC(=O)OCc1ccccc1. The molecule has 1 aliphatic carbocycles. The minimum atomic E-state index is -1.44. The fraction of sp³-hybridized carbons (Fsp3) is 0.488. The number of carbonyl (C=O) groups is 3. The van der Waals surface area contributed by atoms with Crippen LogP contribution in [0.4, 0.5) is 9.59 Å². The second-order valence-corrected chi connectivity index (χ2v) is 14.1. The number of ether oxygens (including phenoxy) is 5. The van der Waals surface area contributed by atoms with E-state index in [0.717, 1.165) is 16.7 Å². The Labute approximate surface area is 322 Å². The summed E-state index contributed by atoms with van der Waals surface area (Å²) in [4.78, 5) is 42.5. The van der Waals surface area contributed by atoms with Crippen molar-refractivity contribution in [1.29, 1.82) is 0 Å². The standard InChI is InChI=1S/C41H54N4O10/c1-27(30-18-12-7-13-19-30)44(2)24-31-20-21-33(46)39(54-31)55-38-32(43-41(50)53-26-29-16-10-6-11-17-29)22-34(51-4)36(37(38)48)45(3)35(47)23-42-40(49)52-25-28-14-8-5-9-15-28/h5-19,27,31-34,36-39,46,48H,20-26H2,1-4H3,(H,42,49)(H,43,50)/t27-,31+,32+,33+,34+,36-,37-,38-,39-/m1/s1. The number of amides is 3. The van der Waals surface area contributed by atoms with E-state index in [1.165, 1.54) is 19.1 Å². The summed E-state index contributed by atoms with van der Waals surface area (Å²) in [5, 5.41) is 28.4. The zero-order valence-electron chi connectivity index (χ0n) is 31.9. The third-order valence-corrected chi connectivity index (χ3v) is 10.4. The van der Waals surface area contributed by atoms with E-state index in [0.29, 0.717) is 19.4 Å². The van der Waals surface area contributed by atoms with Crippen molar-refractivity contribution < 1.29 is 48.3 Å². The molecule has 1 heterocycles. The molecule has 3 aromatic rings. The van der Waals surface area contributed by atoms with Crippen molar-refractivity contribution in [3.8, 4) is 0 Å². The molecule has 3 aromatic carbocycles. The number of alkyl carbamates (subject to hydrolysis) is 2. The molecule has 14 heteroatoms. The molecule has 14 nitrogen and oxygen atoms in total. The summed E-state index contributed by atoms with van der Waals surface area (Å²) in [6, 6.07) is 26.7. The van der Waals surface area contributed by atoms with Crippen molar-refractivity contribution in [1.82, 2.24) is 20.4 Å². The van der Waals surface area contributed by atoms with E-state index in [-0.39, 0.29) is 31.8 Å². The van der Waals surface area contributed by atoms with Crippen molar-refractivity contribution in [3.63, 3.8) is 0 Å². The molecule has 9 atom stereocenters. The van der Waals surface area contributed by atoms with Gasteiger partial charge in [-0.1, -0.05) is 91.0 Å². The highest BCUT2D eigenvalue weighted by molar-refractivity contribution is 5.82. The first kappa shape index (κ1) is 41.6. The van der Waals surface area contributed by atoms with Gasteiger partial charge in [-0.15, -0.1) is 0 Å². The lowest BCUT2D eigenvalue weighted by Gasteiger charge is -2.48. The molecule has 1 saturated carbocycles. The zero-order chi connectivity index (χ0) is 39.3. The topological polar surface area (TPSA) is 168 Å². The number of benzene rings is 3. The molecule has 3 amide bonds. The number of rotatable bonds is 15. The molecule has 0 radical (unpaired) electrons. The molecule has 0 aromatic heterocycles. The largest absolute Gasteiger partial charge is 0.445 e. The van der Waals surface area contributed by atoms with Gasteiger partial charge >= 0.3 is 12.2 Å². The lowest BCUT2D eigenvalue weighted by molar-refractivity contribution is -0.283. The van der Waals surface area contributed by atoms with Crippen LogP contribution in [0.25, 0.3) is 0 Å². The average Bonchev–Trinajstić information content (AvgIpc) is 3.21. The maximum atomic E-state index is 13.4. The van der Waals surface area contributed by atoms with Crippen LogP contribution in [0.3, 0.4) is 0 Å². The maximum absolute atomic E-state index is 13.4. The fourth-order valence-electron chi connectivity index (χ4n) is 7.05. The third-order valence-electron chi connectivity index (χ3n) is 10.4. The summed E-state index contributed by atoms with van der Waals surface area (Å²) in [6.07, 6.45) is -6.29. The van der Waals surface area contributed by atoms with Crippen LogP contribution < -0.4 is 10.6 Å². The molecular weight excluding hydrogens is 708 g/mol. The maximum Gasteiger partial charge on any atom is 0.407 e. The highest BCUT2D eigenvalue weighted by atomic mass is 16.7. The molecule has 1 aliphatic heterocycles. The fourth-order valence-corrected chi connectivity index (χ4v) is 7.05. The van der Waals surface area contributed by atoms with Gasteiger partial charge in [0.1, 0.15) is 38.1 Å². The van der Waals surface area contributed by atoms with Crippen LogP contribution in [0.5, 0.6) is 0 Å². The highest BCUT2D eigenvalue weighted by Gasteiger charge is 2.50. The summed E-state index contributed by atoms with van der Waals surface area (Å²) in [7, 11) is 4.94. The molecule has 0 spiro atoms. The Balaban J connectivity index is 1.27. The average molecular weight is 763 g/mol. The van der Waals surface area contributed by atoms with E-state index in [9.17, 15) is 24.6 Å². The summed E-state index contributed by atoms with van der Waals surface area (Å²) >= 11 is 0. The molecule has 5 rings (SSSR count). The van der Waals surface area contributed by atoms with E-state index in [2.05, 4.69) is 34.6 Å². The lowest BCUT2D eigenvalue weighted by Crippen LogP contribution is -2.68.